The molecule has 1 saturated carbocycles. The number of esters is 1. The average molecular weight is 184 g/mol. The first-order valence-corrected chi connectivity index (χ1v) is 5.04. The molecule has 1 saturated heterocycles. The Bertz CT molecular complexity index is 224. The Morgan fingerprint density at radius 2 is 2.31 bits per heavy atom. The van der Waals surface area contributed by atoms with Gasteiger partial charge >= 0.3 is 5.97 Å². The number of carbonyl (C=O) groups is 1. The first kappa shape index (κ1) is 9.00. The van der Waals surface area contributed by atoms with E-state index in [0.717, 1.165) is 19.3 Å². The highest BCUT2D eigenvalue weighted by Crippen LogP contribution is 2.48. The Labute approximate surface area is 78.4 Å². The fourth-order valence-corrected chi connectivity index (χ4v) is 2.04. The summed E-state index contributed by atoms with van der Waals surface area (Å²) in [6.07, 6.45) is 4.27. The highest BCUT2D eigenvalue weighted by Gasteiger charge is 2.64. The second kappa shape index (κ2) is 2.98. The molecule has 13 heavy (non-hydrogen) atoms. The van der Waals surface area contributed by atoms with E-state index in [0.29, 0.717) is 0 Å². The van der Waals surface area contributed by atoms with E-state index in [4.69, 9.17) is 9.47 Å². The van der Waals surface area contributed by atoms with Crippen molar-refractivity contribution in [1.29, 1.82) is 0 Å². The van der Waals surface area contributed by atoms with Crippen molar-refractivity contribution in [3.8, 4) is 0 Å². The number of hydrogen-bond acceptors (Lipinski definition) is 3. The molecule has 2 atom stereocenters. The summed E-state index contributed by atoms with van der Waals surface area (Å²) in [7, 11) is 0. The predicted octanol–water partition coefficient (Wildman–Crippen LogP) is 1.65. The third-order valence-corrected chi connectivity index (χ3v) is 2.77. The molecule has 1 heterocycles. The molecule has 0 radical (unpaired) electrons. The summed E-state index contributed by atoms with van der Waals surface area (Å²) in [5.41, 5.74) is -0.525. The minimum Gasteiger partial charge on any atom is -0.461 e. The van der Waals surface area contributed by atoms with Crippen LogP contribution in [0.1, 0.15) is 39.5 Å². The van der Waals surface area contributed by atoms with Crippen molar-refractivity contribution in [3.63, 3.8) is 0 Å². The molecular weight excluding hydrogens is 168 g/mol. The maximum atomic E-state index is 11.6. The van der Waals surface area contributed by atoms with Crippen LogP contribution in [-0.2, 0) is 14.3 Å². The van der Waals surface area contributed by atoms with Crippen LogP contribution in [0.5, 0.6) is 0 Å². The largest absolute Gasteiger partial charge is 0.461 e. The van der Waals surface area contributed by atoms with Crippen LogP contribution in [0, 0.1) is 0 Å². The van der Waals surface area contributed by atoms with Crippen LogP contribution in [0.4, 0.5) is 0 Å². The summed E-state index contributed by atoms with van der Waals surface area (Å²) >= 11 is 0. The quantitative estimate of drug-likeness (QED) is 0.484. The molecule has 2 unspecified atom stereocenters. The zero-order chi connectivity index (χ0) is 9.47. The molecule has 0 aromatic heterocycles. The molecule has 1 aliphatic carbocycles. The van der Waals surface area contributed by atoms with Gasteiger partial charge in [-0.05, 0) is 33.1 Å². The number of rotatable bonds is 2. The van der Waals surface area contributed by atoms with Gasteiger partial charge in [0.05, 0.1) is 12.2 Å². The Morgan fingerprint density at radius 3 is 2.92 bits per heavy atom. The molecule has 0 spiro atoms. The van der Waals surface area contributed by atoms with Gasteiger partial charge in [-0.25, -0.2) is 4.79 Å². The SMILES string of the molecule is CC(C)OC(=O)C12CCCCC1O2. The fraction of sp³-hybridized carbons (Fsp3) is 0.900. The van der Waals surface area contributed by atoms with Crippen LogP contribution in [0.2, 0.25) is 0 Å². The molecule has 1 aliphatic heterocycles. The monoisotopic (exact) mass is 184 g/mol. The van der Waals surface area contributed by atoms with E-state index in [9.17, 15) is 4.79 Å². The Morgan fingerprint density at radius 1 is 1.54 bits per heavy atom. The van der Waals surface area contributed by atoms with Crippen molar-refractivity contribution in [1.82, 2.24) is 0 Å². The van der Waals surface area contributed by atoms with Crippen LogP contribution >= 0.6 is 0 Å². The van der Waals surface area contributed by atoms with Crippen LogP contribution < -0.4 is 0 Å². The van der Waals surface area contributed by atoms with Gasteiger partial charge in [-0.15, -0.1) is 0 Å². The van der Waals surface area contributed by atoms with Gasteiger partial charge in [0, 0.05) is 0 Å². The molecule has 0 N–H and O–H groups in total. The predicted molar refractivity (Wildman–Crippen MR) is 47.3 cm³/mol. The standard InChI is InChI=1S/C10H16O3/c1-7(2)12-9(11)10-6-4-3-5-8(10)13-10/h7-8H,3-6H2,1-2H3. The Kier molecular flexibility index (Phi) is 2.06. The van der Waals surface area contributed by atoms with E-state index in [-0.39, 0.29) is 18.2 Å². The lowest BCUT2D eigenvalue weighted by Crippen LogP contribution is -2.33. The normalized spacial score (nSPS) is 37.0. The van der Waals surface area contributed by atoms with E-state index in [1.807, 2.05) is 13.8 Å². The second-order valence-electron chi connectivity index (χ2n) is 4.20. The first-order chi connectivity index (χ1) is 6.15. The van der Waals surface area contributed by atoms with E-state index < -0.39 is 5.60 Å². The highest BCUT2D eigenvalue weighted by atomic mass is 16.7. The molecule has 3 heteroatoms. The molecule has 0 aromatic carbocycles. The molecule has 2 aliphatic rings. The molecule has 0 amide bonds. The Hall–Kier alpha value is -0.570. The van der Waals surface area contributed by atoms with Crippen molar-refractivity contribution in [2.75, 3.05) is 0 Å². The van der Waals surface area contributed by atoms with Crippen LogP contribution in [0.15, 0.2) is 0 Å². The van der Waals surface area contributed by atoms with Gasteiger partial charge < -0.3 is 9.47 Å². The van der Waals surface area contributed by atoms with Gasteiger partial charge in [0.1, 0.15) is 0 Å². The highest BCUT2D eigenvalue weighted by molar-refractivity contribution is 5.83. The lowest BCUT2D eigenvalue weighted by molar-refractivity contribution is -0.154. The zero-order valence-electron chi connectivity index (χ0n) is 8.21. The summed E-state index contributed by atoms with van der Waals surface area (Å²) in [4.78, 5) is 11.6. The van der Waals surface area contributed by atoms with Crippen LogP contribution in [-0.4, -0.2) is 23.8 Å². The van der Waals surface area contributed by atoms with Crippen molar-refractivity contribution in [3.05, 3.63) is 0 Å². The number of carbonyl (C=O) groups excluding carboxylic acids is 1. The smallest absolute Gasteiger partial charge is 0.341 e. The summed E-state index contributed by atoms with van der Waals surface area (Å²) in [5, 5.41) is 0. The molecule has 0 bridgehead atoms. The minimum atomic E-state index is -0.525. The van der Waals surface area contributed by atoms with Crippen LogP contribution in [0.25, 0.3) is 0 Å². The lowest BCUT2D eigenvalue weighted by Gasteiger charge is -2.17. The number of epoxide rings is 1. The number of hydrogen-bond donors (Lipinski definition) is 0. The molecule has 74 valence electrons. The van der Waals surface area contributed by atoms with Gasteiger partial charge in [0.15, 0.2) is 5.60 Å². The maximum absolute atomic E-state index is 11.6. The summed E-state index contributed by atoms with van der Waals surface area (Å²) < 4.78 is 10.6. The molecule has 2 rings (SSSR count). The minimum absolute atomic E-state index is 0.0337. The maximum Gasteiger partial charge on any atom is 0.341 e. The van der Waals surface area contributed by atoms with E-state index >= 15 is 0 Å². The summed E-state index contributed by atoms with van der Waals surface area (Å²) in [6.45, 7) is 3.74. The fourth-order valence-electron chi connectivity index (χ4n) is 2.04. The topological polar surface area (TPSA) is 38.8 Å². The van der Waals surface area contributed by atoms with Gasteiger partial charge in [-0.1, -0.05) is 6.42 Å². The van der Waals surface area contributed by atoms with Gasteiger partial charge in [0.25, 0.3) is 0 Å². The van der Waals surface area contributed by atoms with E-state index in [2.05, 4.69) is 0 Å². The van der Waals surface area contributed by atoms with Crippen molar-refractivity contribution in [2.45, 2.75) is 57.3 Å². The molecular formula is C10H16O3. The van der Waals surface area contributed by atoms with Crippen molar-refractivity contribution >= 4 is 5.97 Å². The molecule has 3 nitrogen and oxygen atoms in total. The van der Waals surface area contributed by atoms with Crippen molar-refractivity contribution in [2.24, 2.45) is 0 Å². The third kappa shape index (κ3) is 1.46. The van der Waals surface area contributed by atoms with Gasteiger partial charge in [0.2, 0.25) is 0 Å². The number of ether oxygens (including phenoxy) is 2. The van der Waals surface area contributed by atoms with Crippen molar-refractivity contribution < 1.29 is 14.3 Å². The van der Waals surface area contributed by atoms with Gasteiger partial charge in [-0.2, -0.15) is 0 Å². The molecule has 0 aromatic rings. The third-order valence-electron chi connectivity index (χ3n) is 2.77. The van der Waals surface area contributed by atoms with E-state index in [1.54, 1.807) is 0 Å². The van der Waals surface area contributed by atoms with Crippen LogP contribution in [0.3, 0.4) is 0 Å². The second-order valence-corrected chi connectivity index (χ2v) is 4.20. The van der Waals surface area contributed by atoms with E-state index in [1.165, 1.54) is 6.42 Å². The molecule has 2 fully saturated rings. The summed E-state index contributed by atoms with van der Waals surface area (Å²) in [5.74, 6) is -0.146. The zero-order valence-corrected chi connectivity index (χ0v) is 8.21. The number of fused-ring (bicyclic) bond motifs is 1. The lowest BCUT2D eigenvalue weighted by atomic mass is 9.89. The van der Waals surface area contributed by atoms with Gasteiger partial charge in [-0.3, -0.25) is 0 Å². The average Bonchev–Trinajstić information content (AvgIpc) is 2.77. The first-order valence-electron chi connectivity index (χ1n) is 5.04. The Balaban J connectivity index is 1.97. The summed E-state index contributed by atoms with van der Waals surface area (Å²) in [6, 6.07) is 0.